The molecule has 34 heavy (non-hydrogen) atoms. The molecule has 0 radical (unpaired) electrons. The van der Waals surface area contributed by atoms with Crippen LogP contribution >= 0.6 is 0 Å². The highest BCUT2D eigenvalue weighted by Crippen LogP contribution is 2.30. The van der Waals surface area contributed by atoms with Crippen molar-refractivity contribution in [1.29, 1.82) is 0 Å². The van der Waals surface area contributed by atoms with E-state index in [-0.39, 0.29) is 16.1 Å². The number of hydrogen-bond acceptors (Lipinski definition) is 7. The van der Waals surface area contributed by atoms with Crippen molar-refractivity contribution in [3.05, 3.63) is 58.1 Å². The summed E-state index contributed by atoms with van der Waals surface area (Å²) >= 11 is 0. The molecule has 2 heterocycles. The van der Waals surface area contributed by atoms with E-state index < -0.39 is 20.9 Å². The molecule has 2 fully saturated rings. The monoisotopic (exact) mass is 488 g/mol. The molecule has 182 valence electrons. The first-order valence-electron chi connectivity index (χ1n) is 11.4. The van der Waals surface area contributed by atoms with Crippen molar-refractivity contribution in [3.63, 3.8) is 0 Å². The fourth-order valence-corrected chi connectivity index (χ4v) is 5.81. The third-order valence-electron chi connectivity index (χ3n) is 6.08. The van der Waals surface area contributed by atoms with Gasteiger partial charge in [0.2, 0.25) is 10.0 Å². The van der Waals surface area contributed by atoms with Crippen LogP contribution in [0, 0.1) is 10.1 Å². The minimum atomic E-state index is -3.67. The molecule has 0 unspecified atom stereocenters. The number of anilines is 2. The van der Waals surface area contributed by atoms with E-state index in [0.717, 1.165) is 25.7 Å². The van der Waals surface area contributed by atoms with Gasteiger partial charge in [0.05, 0.1) is 23.0 Å². The number of nitrogens with zero attached hydrogens (tertiary/aromatic N) is 3. The third kappa shape index (κ3) is 5.37. The molecule has 1 N–H and O–H groups in total. The summed E-state index contributed by atoms with van der Waals surface area (Å²) in [7, 11) is -3.67. The Labute approximate surface area is 198 Å². The molecule has 0 saturated carbocycles. The summed E-state index contributed by atoms with van der Waals surface area (Å²) in [6, 6.07) is 10.5. The summed E-state index contributed by atoms with van der Waals surface area (Å²) in [6.07, 6.45) is 3.68. The van der Waals surface area contributed by atoms with Gasteiger partial charge in [-0.2, -0.15) is 4.31 Å². The minimum absolute atomic E-state index is 0.112. The second-order valence-corrected chi connectivity index (χ2v) is 10.3. The van der Waals surface area contributed by atoms with Crippen molar-refractivity contribution in [2.24, 2.45) is 0 Å². The highest BCUT2D eigenvalue weighted by Gasteiger charge is 2.26. The van der Waals surface area contributed by atoms with E-state index in [0.29, 0.717) is 50.8 Å². The van der Waals surface area contributed by atoms with Crippen LogP contribution in [0.5, 0.6) is 0 Å². The number of nitrogens with one attached hydrogen (secondary N) is 1. The number of nitro benzene ring substituents is 1. The number of morpholine rings is 1. The number of carbonyl (C=O) groups excluding carboxylic acids is 1. The van der Waals surface area contributed by atoms with Gasteiger partial charge < -0.3 is 15.0 Å². The van der Waals surface area contributed by atoms with Gasteiger partial charge in [-0.1, -0.05) is 18.9 Å². The molecule has 2 aromatic carbocycles. The molecule has 4 rings (SSSR count). The Hall–Kier alpha value is -3.02. The zero-order chi connectivity index (χ0) is 24.1. The Kier molecular flexibility index (Phi) is 7.44. The van der Waals surface area contributed by atoms with Crippen LogP contribution in [0.1, 0.15) is 36.0 Å². The van der Waals surface area contributed by atoms with Gasteiger partial charge in [0.25, 0.3) is 11.6 Å². The van der Waals surface area contributed by atoms with Gasteiger partial charge in [-0.05, 0) is 43.2 Å². The lowest BCUT2D eigenvalue weighted by molar-refractivity contribution is -0.384. The van der Waals surface area contributed by atoms with E-state index >= 15 is 0 Å². The molecule has 11 heteroatoms. The van der Waals surface area contributed by atoms with Crippen LogP contribution < -0.4 is 10.2 Å². The van der Waals surface area contributed by atoms with Crippen LogP contribution in [0.2, 0.25) is 0 Å². The number of carbonyl (C=O) groups is 1. The van der Waals surface area contributed by atoms with E-state index in [2.05, 4.69) is 5.32 Å². The van der Waals surface area contributed by atoms with Gasteiger partial charge in [0.15, 0.2) is 0 Å². The molecular formula is C23H28N4O6S. The molecule has 0 aliphatic carbocycles. The SMILES string of the molecule is O=C(Nc1cccc(S(=O)(=O)N2CCCCCC2)c1)c1ccc(N2CCOCC2)c([N+](=O)[O-])c1. The summed E-state index contributed by atoms with van der Waals surface area (Å²) in [6.45, 7) is 3.00. The molecule has 0 spiro atoms. The van der Waals surface area contributed by atoms with E-state index in [1.165, 1.54) is 28.6 Å². The first-order chi connectivity index (χ1) is 16.4. The van der Waals surface area contributed by atoms with Crippen molar-refractivity contribution in [2.45, 2.75) is 30.6 Å². The number of sulfonamides is 1. The Morgan fingerprint density at radius 2 is 1.68 bits per heavy atom. The third-order valence-corrected chi connectivity index (χ3v) is 7.98. The average molecular weight is 489 g/mol. The normalized spacial score (nSPS) is 17.7. The Morgan fingerprint density at radius 3 is 2.35 bits per heavy atom. The average Bonchev–Trinajstić information content (AvgIpc) is 3.15. The quantitative estimate of drug-likeness (QED) is 0.489. The lowest BCUT2D eigenvalue weighted by atomic mass is 10.1. The number of hydrogen-bond donors (Lipinski definition) is 1. The summed E-state index contributed by atoms with van der Waals surface area (Å²) in [5.74, 6) is -0.555. The highest BCUT2D eigenvalue weighted by atomic mass is 32.2. The summed E-state index contributed by atoms with van der Waals surface area (Å²) in [4.78, 5) is 26.0. The molecule has 2 aliphatic rings. The van der Waals surface area contributed by atoms with Crippen molar-refractivity contribution in [2.75, 3.05) is 49.6 Å². The maximum Gasteiger partial charge on any atom is 0.293 e. The molecule has 2 aliphatic heterocycles. The lowest BCUT2D eigenvalue weighted by Crippen LogP contribution is -2.36. The fraction of sp³-hybridized carbons (Fsp3) is 0.435. The predicted octanol–water partition coefficient (Wildman–Crippen LogP) is 3.25. The maximum absolute atomic E-state index is 13.1. The van der Waals surface area contributed by atoms with Gasteiger partial charge in [-0.25, -0.2) is 8.42 Å². The van der Waals surface area contributed by atoms with Crippen LogP contribution in [0.3, 0.4) is 0 Å². The van der Waals surface area contributed by atoms with Crippen LogP contribution in [0.4, 0.5) is 17.1 Å². The number of amides is 1. The maximum atomic E-state index is 13.1. The molecule has 2 saturated heterocycles. The summed E-state index contributed by atoms with van der Waals surface area (Å²) < 4.78 is 33.0. The summed E-state index contributed by atoms with van der Waals surface area (Å²) in [5, 5.41) is 14.3. The smallest absolute Gasteiger partial charge is 0.293 e. The van der Waals surface area contributed by atoms with Gasteiger partial charge in [0.1, 0.15) is 5.69 Å². The second-order valence-electron chi connectivity index (χ2n) is 8.36. The van der Waals surface area contributed by atoms with Gasteiger partial charge in [0, 0.05) is 43.5 Å². The first kappa shape index (κ1) is 24.1. The standard InChI is InChI=1S/C23H28N4O6S/c28-23(18-8-9-21(22(16-18)27(29)30)25-12-14-33-15-13-25)24-19-6-5-7-20(17-19)34(31,32)26-10-3-1-2-4-11-26/h5-9,16-17H,1-4,10-15H2,(H,24,28). The highest BCUT2D eigenvalue weighted by molar-refractivity contribution is 7.89. The Bertz CT molecular complexity index is 1160. The van der Waals surface area contributed by atoms with Crippen LogP contribution in [0.25, 0.3) is 0 Å². The molecule has 0 aromatic heterocycles. The second kappa shape index (κ2) is 10.5. The predicted molar refractivity (Wildman–Crippen MR) is 128 cm³/mol. The first-order valence-corrected chi connectivity index (χ1v) is 12.8. The molecule has 1 amide bonds. The van der Waals surface area contributed by atoms with Crippen molar-refractivity contribution >= 4 is 33.0 Å². The zero-order valence-electron chi connectivity index (χ0n) is 18.8. The summed E-state index contributed by atoms with van der Waals surface area (Å²) in [5.41, 5.74) is 0.702. The fourth-order valence-electron chi connectivity index (χ4n) is 4.25. The van der Waals surface area contributed by atoms with Crippen LogP contribution in [-0.4, -0.2) is 62.9 Å². The Balaban J connectivity index is 1.54. The topological polar surface area (TPSA) is 122 Å². The number of benzene rings is 2. The number of nitro groups is 1. The van der Waals surface area contributed by atoms with Gasteiger partial charge >= 0.3 is 0 Å². The van der Waals surface area contributed by atoms with Crippen LogP contribution in [0.15, 0.2) is 47.4 Å². The largest absolute Gasteiger partial charge is 0.378 e. The molecule has 0 atom stereocenters. The van der Waals surface area contributed by atoms with Crippen molar-refractivity contribution < 1.29 is 22.9 Å². The lowest BCUT2D eigenvalue weighted by Gasteiger charge is -2.28. The van der Waals surface area contributed by atoms with E-state index in [1.54, 1.807) is 18.2 Å². The minimum Gasteiger partial charge on any atom is -0.378 e. The van der Waals surface area contributed by atoms with Gasteiger partial charge in [-0.15, -0.1) is 0 Å². The number of rotatable bonds is 6. The molecule has 10 nitrogen and oxygen atoms in total. The molecule has 2 aromatic rings. The van der Waals surface area contributed by atoms with Crippen molar-refractivity contribution in [1.82, 2.24) is 4.31 Å². The molecule has 0 bridgehead atoms. The van der Waals surface area contributed by atoms with Gasteiger partial charge in [-0.3, -0.25) is 14.9 Å². The Morgan fingerprint density at radius 1 is 0.971 bits per heavy atom. The number of ether oxygens (including phenoxy) is 1. The molecular weight excluding hydrogens is 460 g/mol. The van der Waals surface area contributed by atoms with E-state index in [4.69, 9.17) is 4.74 Å². The van der Waals surface area contributed by atoms with Crippen LogP contribution in [-0.2, 0) is 14.8 Å². The van der Waals surface area contributed by atoms with Crippen molar-refractivity contribution in [3.8, 4) is 0 Å². The van der Waals surface area contributed by atoms with E-state index in [9.17, 15) is 23.3 Å². The zero-order valence-corrected chi connectivity index (χ0v) is 19.6. The van der Waals surface area contributed by atoms with E-state index in [1.807, 2.05) is 4.90 Å².